The standard InChI is InChI=1S/C15H14N2O4S/c1-9(10-3-4-12-13(7-10)21-8-20-12)16-17-11-5-6-22-14(11)15(18)19-2/h3-7,17H,8H2,1-2H3/b16-9-. The fourth-order valence-electron chi connectivity index (χ4n) is 1.98. The van der Waals surface area contributed by atoms with Crippen LogP contribution in [0, 0.1) is 0 Å². The van der Waals surface area contributed by atoms with Crippen LogP contribution in [0.1, 0.15) is 22.2 Å². The van der Waals surface area contributed by atoms with Crippen molar-refractivity contribution in [3.63, 3.8) is 0 Å². The van der Waals surface area contributed by atoms with E-state index in [1.165, 1.54) is 18.4 Å². The number of carbonyl (C=O) groups is 1. The monoisotopic (exact) mass is 318 g/mol. The lowest BCUT2D eigenvalue weighted by atomic mass is 10.1. The molecule has 114 valence electrons. The highest BCUT2D eigenvalue weighted by molar-refractivity contribution is 7.12. The van der Waals surface area contributed by atoms with Crippen LogP contribution in [0.5, 0.6) is 11.5 Å². The third kappa shape index (κ3) is 2.75. The Bertz CT molecular complexity index is 739. The van der Waals surface area contributed by atoms with E-state index in [2.05, 4.69) is 10.5 Å². The van der Waals surface area contributed by atoms with Crippen LogP contribution in [0.25, 0.3) is 0 Å². The average Bonchev–Trinajstić information content (AvgIpc) is 3.19. The predicted molar refractivity (Wildman–Crippen MR) is 84.1 cm³/mol. The third-order valence-corrected chi connectivity index (χ3v) is 4.06. The normalized spacial score (nSPS) is 13.1. The van der Waals surface area contributed by atoms with Crippen molar-refractivity contribution in [3.8, 4) is 11.5 Å². The van der Waals surface area contributed by atoms with Crippen molar-refractivity contribution in [3.05, 3.63) is 40.1 Å². The molecule has 3 rings (SSSR count). The van der Waals surface area contributed by atoms with Crippen molar-refractivity contribution in [1.29, 1.82) is 0 Å². The zero-order chi connectivity index (χ0) is 15.5. The molecule has 0 spiro atoms. The van der Waals surface area contributed by atoms with Gasteiger partial charge in [0.2, 0.25) is 6.79 Å². The number of nitrogens with zero attached hydrogens (tertiary/aromatic N) is 1. The van der Waals surface area contributed by atoms with Gasteiger partial charge in [-0.25, -0.2) is 4.79 Å². The average molecular weight is 318 g/mol. The summed E-state index contributed by atoms with van der Waals surface area (Å²) >= 11 is 1.30. The smallest absolute Gasteiger partial charge is 0.350 e. The summed E-state index contributed by atoms with van der Waals surface area (Å²) in [4.78, 5) is 12.1. The van der Waals surface area contributed by atoms with E-state index in [0.717, 1.165) is 17.0 Å². The van der Waals surface area contributed by atoms with E-state index < -0.39 is 0 Å². The minimum Gasteiger partial charge on any atom is -0.465 e. The Morgan fingerprint density at radius 1 is 1.32 bits per heavy atom. The van der Waals surface area contributed by atoms with Crippen LogP contribution in [0.2, 0.25) is 0 Å². The molecule has 6 nitrogen and oxygen atoms in total. The molecule has 0 fully saturated rings. The van der Waals surface area contributed by atoms with Gasteiger partial charge >= 0.3 is 5.97 Å². The zero-order valence-corrected chi connectivity index (χ0v) is 12.9. The van der Waals surface area contributed by atoms with Gasteiger partial charge in [0, 0.05) is 5.56 Å². The van der Waals surface area contributed by atoms with Gasteiger partial charge < -0.3 is 14.2 Å². The number of benzene rings is 1. The van der Waals surface area contributed by atoms with Crippen LogP contribution in [-0.4, -0.2) is 25.6 Å². The molecular weight excluding hydrogens is 304 g/mol. The van der Waals surface area contributed by atoms with Gasteiger partial charge in [0.05, 0.1) is 18.5 Å². The maximum Gasteiger partial charge on any atom is 0.350 e. The summed E-state index contributed by atoms with van der Waals surface area (Å²) in [6.07, 6.45) is 0. The maximum absolute atomic E-state index is 11.6. The number of carbonyl (C=O) groups excluding carboxylic acids is 1. The van der Waals surface area contributed by atoms with Crippen LogP contribution in [0.4, 0.5) is 5.69 Å². The lowest BCUT2D eigenvalue weighted by Crippen LogP contribution is -2.04. The number of anilines is 1. The first kappa shape index (κ1) is 14.4. The predicted octanol–water partition coefficient (Wildman–Crippen LogP) is 3.10. The molecule has 2 aromatic rings. The molecule has 0 unspecified atom stereocenters. The maximum atomic E-state index is 11.6. The van der Waals surface area contributed by atoms with Gasteiger partial charge in [-0.15, -0.1) is 11.3 Å². The molecular formula is C15H14N2O4S. The Hall–Kier alpha value is -2.54. The summed E-state index contributed by atoms with van der Waals surface area (Å²) < 4.78 is 15.4. The quantitative estimate of drug-likeness (QED) is 0.533. The number of nitrogens with one attached hydrogen (secondary N) is 1. The molecule has 0 atom stereocenters. The molecule has 7 heteroatoms. The van der Waals surface area contributed by atoms with Crippen LogP contribution in [-0.2, 0) is 4.74 Å². The highest BCUT2D eigenvalue weighted by Gasteiger charge is 2.15. The van der Waals surface area contributed by atoms with Gasteiger partial charge in [-0.2, -0.15) is 5.10 Å². The largest absolute Gasteiger partial charge is 0.465 e. The Balaban J connectivity index is 1.78. The van der Waals surface area contributed by atoms with Gasteiger partial charge in [0.25, 0.3) is 0 Å². The van der Waals surface area contributed by atoms with E-state index in [1.54, 1.807) is 11.4 Å². The molecule has 0 amide bonds. The summed E-state index contributed by atoms with van der Waals surface area (Å²) in [6.45, 7) is 2.11. The van der Waals surface area contributed by atoms with E-state index in [-0.39, 0.29) is 12.8 Å². The summed E-state index contributed by atoms with van der Waals surface area (Å²) in [6, 6.07) is 7.41. The number of hydrogen-bond donors (Lipinski definition) is 1. The summed E-state index contributed by atoms with van der Waals surface area (Å²) in [7, 11) is 1.35. The number of fused-ring (bicyclic) bond motifs is 1. The van der Waals surface area contributed by atoms with Crippen LogP contribution >= 0.6 is 11.3 Å². The number of hydrogen-bond acceptors (Lipinski definition) is 7. The minimum atomic E-state index is -0.381. The fourth-order valence-corrected chi connectivity index (χ4v) is 2.74. The number of rotatable bonds is 4. The Labute approximate surface area is 131 Å². The van der Waals surface area contributed by atoms with Crippen LogP contribution in [0.3, 0.4) is 0 Å². The first-order valence-corrected chi connectivity index (χ1v) is 7.43. The number of hydrazone groups is 1. The van der Waals surface area contributed by atoms with Crippen LogP contribution in [0.15, 0.2) is 34.7 Å². The van der Waals surface area contributed by atoms with Gasteiger partial charge in [0.15, 0.2) is 11.5 Å². The number of methoxy groups -OCH3 is 1. The zero-order valence-electron chi connectivity index (χ0n) is 12.1. The highest BCUT2D eigenvalue weighted by Crippen LogP contribution is 2.32. The first-order valence-electron chi connectivity index (χ1n) is 6.55. The minimum absolute atomic E-state index is 0.241. The van der Waals surface area contributed by atoms with E-state index in [1.807, 2.05) is 25.1 Å². The molecule has 0 bridgehead atoms. The molecule has 1 aliphatic rings. The van der Waals surface area contributed by atoms with Gasteiger partial charge in [-0.1, -0.05) is 0 Å². The number of thiophene rings is 1. The van der Waals surface area contributed by atoms with Gasteiger partial charge in [0.1, 0.15) is 4.88 Å². The molecule has 0 saturated heterocycles. The second-order valence-corrected chi connectivity index (χ2v) is 5.45. The van der Waals surface area contributed by atoms with E-state index in [0.29, 0.717) is 16.3 Å². The molecule has 2 heterocycles. The molecule has 0 saturated carbocycles. The molecule has 1 N–H and O–H groups in total. The molecule has 1 aliphatic heterocycles. The van der Waals surface area contributed by atoms with Crippen molar-refractivity contribution in [1.82, 2.24) is 0 Å². The Kier molecular flexibility index (Phi) is 3.97. The Morgan fingerprint density at radius 3 is 2.95 bits per heavy atom. The number of ether oxygens (including phenoxy) is 3. The Morgan fingerprint density at radius 2 is 2.14 bits per heavy atom. The second kappa shape index (κ2) is 6.07. The van der Waals surface area contributed by atoms with E-state index >= 15 is 0 Å². The van der Waals surface area contributed by atoms with Crippen molar-refractivity contribution in [2.75, 3.05) is 19.3 Å². The first-order chi connectivity index (χ1) is 10.7. The second-order valence-electron chi connectivity index (χ2n) is 4.53. The van der Waals surface area contributed by atoms with Crippen molar-refractivity contribution in [2.24, 2.45) is 5.10 Å². The van der Waals surface area contributed by atoms with E-state index in [4.69, 9.17) is 14.2 Å². The highest BCUT2D eigenvalue weighted by atomic mass is 32.1. The SMILES string of the molecule is COC(=O)c1sccc1N/N=C(/C)c1ccc2c(c1)OCO2. The fraction of sp³-hybridized carbons (Fsp3) is 0.200. The van der Waals surface area contributed by atoms with Crippen molar-refractivity contribution in [2.45, 2.75) is 6.92 Å². The molecule has 1 aromatic carbocycles. The van der Waals surface area contributed by atoms with Crippen molar-refractivity contribution < 1.29 is 19.0 Å². The van der Waals surface area contributed by atoms with E-state index in [9.17, 15) is 4.79 Å². The molecule has 22 heavy (non-hydrogen) atoms. The lowest BCUT2D eigenvalue weighted by Gasteiger charge is -2.05. The van der Waals surface area contributed by atoms with Gasteiger partial charge in [-0.3, -0.25) is 5.43 Å². The molecule has 1 aromatic heterocycles. The van der Waals surface area contributed by atoms with Gasteiger partial charge in [-0.05, 0) is 36.6 Å². The molecule has 0 aliphatic carbocycles. The lowest BCUT2D eigenvalue weighted by molar-refractivity contribution is 0.0607. The van der Waals surface area contributed by atoms with Crippen LogP contribution < -0.4 is 14.9 Å². The topological polar surface area (TPSA) is 69.2 Å². The number of esters is 1. The summed E-state index contributed by atoms with van der Waals surface area (Å²) in [5, 5.41) is 6.11. The third-order valence-electron chi connectivity index (χ3n) is 3.17. The molecule has 0 radical (unpaired) electrons. The summed E-state index contributed by atoms with van der Waals surface area (Å²) in [5.41, 5.74) is 5.20. The van der Waals surface area contributed by atoms with Crippen molar-refractivity contribution >= 4 is 28.7 Å². The summed E-state index contributed by atoms with van der Waals surface area (Å²) in [5.74, 6) is 1.06.